The van der Waals surface area contributed by atoms with Crippen LogP contribution < -0.4 is 5.32 Å². The highest BCUT2D eigenvalue weighted by molar-refractivity contribution is 6.35. The van der Waals surface area contributed by atoms with Crippen LogP contribution in [-0.4, -0.2) is 10.9 Å². The van der Waals surface area contributed by atoms with Crippen LogP contribution >= 0.6 is 11.6 Å². The summed E-state index contributed by atoms with van der Waals surface area (Å²) in [4.78, 5) is 17.7. The van der Waals surface area contributed by atoms with E-state index in [2.05, 4.69) is 5.32 Å². The van der Waals surface area contributed by atoms with Gasteiger partial charge >= 0.3 is 0 Å². The number of anilines is 1. The average molecular weight is 449 g/mol. The smallest absolute Gasteiger partial charge is 0.256 e. The Labute approximate surface area is 194 Å². The molecule has 0 unspecified atom stereocenters. The number of hydrogen-bond donors (Lipinski definition) is 1. The van der Waals surface area contributed by atoms with Crippen molar-refractivity contribution < 1.29 is 9.21 Å². The first-order chi connectivity index (χ1) is 16.2. The number of benzene rings is 5. The molecule has 5 aromatic carbocycles. The molecular formula is C28H17ClN2O2. The summed E-state index contributed by atoms with van der Waals surface area (Å²) in [5, 5.41) is 7.53. The highest BCUT2D eigenvalue weighted by atomic mass is 35.5. The standard InChI is InChI=1S/C28H17ClN2O2/c29-24-13-5-9-20-21(24)10-4-12-23(20)28-31-25-16-18(14-15-26(25)33-28)30-27(32)22-11-3-7-17-6-1-2-8-19(17)22/h1-16H,(H,30,32). The molecule has 1 amide bonds. The molecule has 0 bridgehead atoms. The van der Waals surface area contributed by atoms with Crippen LogP contribution in [0.4, 0.5) is 5.69 Å². The molecular weight excluding hydrogens is 432 g/mol. The van der Waals surface area contributed by atoms with E-state index < -0.39 is 0 Å². The van der Waals surface area contributed by atoms with Crippen LogP contribution in [0, 0.1) is 0 Å². The maximum atomic E-state index is 13.0. The molecule has 0 radical (unpaired) electrons. The van der Waals surface area contributed by atoms with Gasteiger partial charge in [0.1, 0.15) is 5.52 Å². The third kappa shape index (κ3) is 3.41. The molecule has 0 spiro atoms. The number of amides is 1. The molecule has 158 valence electrons. The summed E-state index contributed by atoms with van der Waals surface area (Å²) < 4.78 is 6.04. The van der Waals surface area contributed by atoms with Crippen LogP contribution in [-0.2, 0) is 0 Å². The molecule has 6 rings (SSSR count). The molecule has 4 nitrogen and oxygen atoms in total. The van der Waals surface area contributed by atoms with Crippen LogP contribution in [0.25, 0.3) is 44.1 Å². The molecule has 33 heavy (non-hydrogen) atoms. The van der Waals surface area contributed by atoms with Crippen molar-refractivity contribution in [2.75, 3.05) is 5.32 Å². The Hall–Kier alpha value is -4.15. The van der Waals surface area contributed by atoms with Gasteiger partial charge in [0.25, 0.3) is 5.91 Å². The van der Waals surface area contributed by atoms with Gasteiger partial charge in [-0.25, -0.2) is 4.98 Å². The van der Waals surface area contributed by atoms with Crippen LogP contribution in [0.5, 0.6) is 0 Å². The lowest BCUT2D eigenvalue weighted by Gasteiger charge is -2.08. The van der Waals surface area contributed by atoms with E-state index in [-0.39, 0.29) is 5.91 Å². The number of aromatic nitrogens is 1. The highest BCUT2D eigenvalue weighted by Gasteiger charge is 2.14. The van der Waals surface area contributed by atoms with Crippen molar-refractivity contribution in [1.29, 1.82) is 0 Å². The SMILES string of the molecule is O=C(Nc1ccc2oc(-c3cccc4c(Cl)cccc34)nc2c1)c1cccc2ccccc12. The molecule has 0 atom stereocenters. The minimum Gasteiger partial charge on any atom is -0.436 e. The Balaban J connectivity index is 1.36. The monoisotopic (exact) mass is 448 g/mol. The molecule has 0 aliphatic carbocycles. The van der Waals surface area contributed by atoms with Crippen molar-refractivity contribution in [2.45, 2.75) is 0 Å². The number of fused-ring (bicyclic) bond motifs is 3. The van der Waals surface area contributed by atoms with E-state index in [9.17, 15) is 4.79 Å². The van der Waals surface area contributed by atoms with E-state index in [0.717, 1.165) is 27.1 Å². The van der Waals surface area contributed by atoms with Gasteiger partial charge in [0.05, 0.1) is 0 Å². The number of hydrogen-bond acceptors (Lipinski definition) is 3. The molecule has 0 fully saturated rings. The minimum absolute atomic E-state index is 0.168. The van der Waals surface area contributed by atoms with Gasteiger partial charge in [-0.15, -0.1) is 0 Å². The maximum absolute atomic E-state index is 13.0. The van der Waals surface area contributed by atoms with Gasteiger partial charge in [0.2, 0.25) is 5.89 Å². The number of nitrogens with one attached hydrogen (secondary N) is 1. The summed E-state index contributed by atoms with van der Waals surface area (Å²) in [5.41, 5.74) is 3.46. The first kappa shape index (κ1) is 19.5. The molecule has 0 saturated heterocycles. The van der Waals surface area contributed by atoms with E-state index in [4.69, 9.17) is 21.0 Å². The molecule has 1 aromatic heterocycles. The Morgan fingerprint density at radius 2 is 1.55 bits per heavy atom. The Kier molecular flexibility index (Phi) is 4.60. The zero-order valence-electron chi connectivity index (χ0n) is 17.4. The van der Waals surface area contributed by atoms with Crippen LogP contribution in [0.2, 0.25) is 5.02 Å². The first-order valence-corrected chi connectivity index (χ1v) is 10.9. The van der Waals surface area contributed by atoms with Gasteiger partial charge in [-0.2, -0.15) is 0 Å². The number of carbonyl (C=O) groups is 1. The Bertz CT molecular complexity index is 1680. The van der Waals surface area contributed by atoms with Gasteiger partial charge in [0.15, 0.2) is 5.58 Å². The molecule has 0 saturated carbocycles. The largest absolute Gasteiger partial charge is 0.436 e. The fraction of sp³-hybridized carbons (Fsp3) is 0. The van der Waals surface area contributed by atoms with E-state index in [0.29, 0.717) is 33.3 Å². The van der Waals surface area contributed by atoms with Gasteiger partial charge in [-0.3, -0.25) is 4.79 Å². The van der Waals surface area contributed by atoms with Gasteiger partial charge < -0.3 is 9.73 Å². The Morgan fingerprint density at radius 3 is 2.48 bits per heavy atom. The average Bonchev–Trinajstić information content (AvgIpc) is 3.27. The molecule has 6 aromatic rings. The number of carbonyl (C=O) groups excluding carboxylic acids is 1. The normalized spacial score (nSPS) is 11.3. The fourth-order valence-electron chi connectivity index (χ4n) is 4.20. The third-order valence-corrected chi connectivity index (χ3v) is 6.11. The summed E-state index contributed by atoms with van der Waals surface area (Å²) in [6.45, 7) is 0. The van der Waals surface area contributed by atoms with Crippen molar-refractivity contribution in [3.8, 4) is 11.5 Å². The van der Waals surface area contributed by atoms with Gasteiger partial charge in [0, 0.05) is 27.2 Å². The molecule has 0 aliphatic heterocycles. The molecule has 5 heteroatoms. The second kappa shape index (κ2) is 7.76. The molecule has 1 N–H and O–H groups in total. The minimum atomic E-state index is -0.168. The van der Waals surface area contributed by atoms with Crippen molar-refractivity contribution in [3.63, 3.8) is 0 Å². The van der Waals surface area contributed by atoms with E-state index in [1.54, 1.807) is 0 Å². The van der Waals surface area contributed by atoms with Crippen LogP contribution in [0.1, 0.15) is 10.4 Å². The summed E-state index contributed by atoms with van der Waals surface area (Å²) in [6.07, 6.45) is 0. The predicted octanol–water partition coefficient (Wildman–Crippen LogP) is 7.71. The summed E-state index contributed by atoms with van der Waals surface area (Å²) in [6, 6.07) is 30.7. The number of nitrogens with zero attached hydrogens (tertiary/aromatic N) is 1. The number of halogens is 1. The first-order valence-electron chi connectivity index (χ1n) is 10.5. The lowest BCUT2D eigenvalue weighted by Crippen LogP contribution is -2.12. The van der Waals surface area contributed by atoms with Crippen molar-refractivity contribution in [3.05, 3.63) is 108 Å². The second-order valence-corrected chi connectivity index (χ2v) is 8.23. The topological polar surface area (TPSA) is 55.1 Å². The number of rotatable bonds is 3. The van der Waals surface area contributed by atoms with Crippen LogP contribution in [0.15, 0.2) is 101 Å². The van der Waals surface area contributed by atoms with E-state index in [1.807, 2.05) is 97.1 Å². The summed E-state index contributed by atoms with van der Waals surface area (Å²) in [7, 11) is 0. The van der Waals surface area contributed by atoms with E-state index in [1.165, 1.54) is 0 Å². The maximum Gasteiger partial charge on any atom is 0.256 e. The third-order valence-electron chi connectivity index (χ3n) is 5.78. The van der Waals surface area contributed by atoms with Gasteiger partial charge in [-0.05, 0) is 52.6 Å². The number of oxazole rings is 1. The molecule has 0 aliphatic rings. The Morgan fingerprint density at radius 1 is 0.788 bits per heavy atom. The summed E-state index contributed by atoms with van der Waals surface area (Å²) in [5.74, 6) is 0.342. The highest BCUT2D eigenvalue weighted by Crippen LogP contribution is 2.34. The molecule has 1 heterocycles. The lowest BCUT2D eigenvalue weighted by atomic mass is 10.0. The van der Waals surface area contributed by atoms with Crippen molar-refractivity contribution >= 4 is 55.8 Å². The second-order valence-electron chi connectivity index (χ2n) is 7.82. The lowest BCUT2D eigenvalue weighted by molar-refractivity contribution is 0.102. The van der Waals surface area contributed by atoms with E-state index >= 15 is 0 Å². The quantitative estimate of drug-likeness (QED) is 0.301. The van der Waals surface area contributed by atoms with Crippen molar-refractivity contribution in [2.24, 2.45) is 0 Å². The van der Waals surface area contributed by atoms with Crippen LogP contribution in [0.3, 0.4) is 0 Å². The zero-order chi connectivity index (χ0) is 22.4. The van der Waals surface area contributed by atoms with Crippen molar-refractivity contribution in [1.82, 2.24) is 4.98 Å². The summed E-state index contributed by atoms with van der Waals surface area (Å²) >= 11 is 6.36. The zero-order valence-corrected chi connectivity index (χ0v) is 18.1. The fourth-order valence-corrected chi connectivity index (χ4v) is 4.44. The van der Waals surface area contributed by atoms with Gasteiger partial charge in [-0.1, -0.05) is 72.3 Å². The predicted molar refractivity (Wildman–Crippen MR) is 134 cm³/mol.